The number of carboxylic acid groups (broad SMARTS) is 1. The monoisotopic (exact) mass is 378 g/mol. The first kappa shape index (κ1) is 17.3. The minimum Gasteiger partial charge on any atom is -0.507 e. The Labute approximate surface area is 152 Å². The van der Waals surface area contributed by atoms with Crippen molar-refractivity contribution in [3.8, 4) is 5.75 Å². The third kappa shape index (κ3) is 3.34. The molecule has 0 aliphatic carbocycles. The van der Waals surface area contributed by atoms with E-state index in [9.17, 15) is 19.8 Å². The van der Waals surface area contributed by atoms with Crippen LogP contribution in [0.25, 0.3) is 11.0 Å². The number of aromatic hydroxyl groups is 1. The van der Waals surface area contributed by atoms with E-state index in [-0.39, 0.29) is 21.9 Å². The van der Waals surface area contributed by atoms with Crippen molar-refractivity contribution in [3.63, 3.8) is 0 Å². The molecule has 0 radical (unpaired) electrons. The van der Waals surface area contributed by atoms with Crippen LogP contribution in [0.1, 0.15) is 23.5 Å². The van der Waals surface area contributed by atoms with Gasteiger partial charge in [0.2, 0.25) is 0 Å². The van der Waals surface area contributed by atoms with Crippen molar-refractivity contribution >= 4 is 40.1 Å². The first-order valence-corrected chi connectivity index (χ1v) is 8.05. The van der Waals surface area contributed by atoms with Crippen LogP contribution < -0.4 is 5.63 Å². The minimum absolute atomic E-state index is 0.125. The van der Waals surface area contributed by atoms with Crippen LogP contribution in [0.5, 0.6) is 5.75 Å². The maximum absolute atomic E-state index is 12.4. The number of aliphatic carboxylic acids is 1. The zero-order valence-corrected chi connectivity index (χ0v) is 14.2. The average Bonchev–Trinajstić information content (AvgIpc) is 2.56. The van der Waals surface area contributed by atoms with Crippen LogP contribution in [-0.2, 0) is 4.79 Å². The molecule has 2 N–H and O–H groups in total. The molecule has 0 bridgehead atoms. The highest BCUT2D eigenvalue weighted by molar-refractivity contribution is 6.42. The van der Waals surface area contributed by atoms with Gasteiger partial charge in [-0.2, -0.15) is 0 Å². The van der Waals surface area contributed by atoms with Gasteiger partial charge in [-0.3, -0.25) is 4.79 Å². The Morgan fingerprint density at radius 1 is 1.12 bits per heavy atom. The average molecular weight is 379 g/mol. The molecule has 3 rings (SSSR count). The van der Waals surface area contributed by atoms with Gasteiger partial charge in [0.15, 0.2) is 0 Å². The van der Waals surface area contributed by atoms with Crippen molar-refractivity contribution in [2.24, 2.45) is 0 Å². The summed E-state index contributed by atoms with van der Waals surface area (Å²) < 4.78 is 5.24. The number of fused-ring (bicyclic) bond motifs is 1. The molecule has 0 unspecified atom stereocenters. The SMILES string of the molecule is O=C(O)C[C@H](c1ccc(Cl)c(Cl)c1)c1c(O)c2ccccc2oc1=O. The summed E-state index contributed by atoms with van der Waals surface area (Å²) in [6, 6.07) is 11.0. The lowest BCUT2D eigenvalue weighted by molar-refractivity contribution is -0.137. The molecule has 25 heavy (non-hydrogen) atoms. The Bertz CT molecular complexity index is 1030. The Morgan fingerprint density at radius 2 is 1.84 bits per heavy atom. The summed E-state index contributed by atoms with van der Waals surface area (Å²) in [7, 11) is 0. The van der Waals surface area contributed by atoms with Gasteiger partial charge < -0.3 is 14.6 Å². The summed E-state index contributed by atoms with van der Waals surface area (Å²) in [4.78, 5) is 23.7. The molecular weight excluding hydrogens is 367 g/mol. The van der Waals surface area contributed by atoms with Gasteiger partial charge in [0.25, 0.3) is 0 Å². The number of carbonyl (C=O) groups is 1. The zero-order chi connectivity index (χ0) is 18.1. The smallest absolute Gasteiger partial charge is 0.343 e. The quantitative estimate of drug-likeness (QED) is 0.656. The van der Waals surface area contributed by atoms with Gasteiger partial charge in [-0.1, -0.05) is 41.4 Å². The van der Waals surface area contributed by atoms with E-state index in [4.69, 9.17) is 27.6 Å². The Kier molecular flexibility index (Phi) is 4.70. The fourth-order valence-electron chi connectivity index (χ4n) is 2.75. The topological polar surface area (TPSA) is 87.7 Å². The number of para-hydroxylation sites is 1. The number of hydrogen-bond donors (Lipinski definition) is 2. The fraction of sp³-hybridized carbons (Fsp3) is 0.111. The molecule has 1 aromatic heterocycles. The third-order valence-corrected chi connectivity index (χ3v) is 4.63. The van der Waals surface area contributed by atoms with Gasteiger partial charge in [0.05, 0.1) is 27.4 Å². The van der Waals surface area contributed by atoms with Gasteiger partial charge in [0, 0.05) is 5.92 Å². The highest BCUT2D eigenvalue weighted by atomic mass is 35.5. The highest BCUT2D eigenvalue weighted by Gasteiger charge is 2.27. The van der Waals surface area contributed by atoms with E-state index in [1.807, 2.05) is 0 Å². The van der Waals surface area contributed by atoms with E-state index in [1.165, 1.54) is 12.1 Å². The zero-order valence-electron chi connectivity index (χ0n) is 12.7. The van der Waals surface area contributed by atoms with Gasteiger partial charge in [-0.25, -0.2) is 4.79 Å². The molecule has 128 valence electrons. The summed E-state index contributed by atoms with van der Waals surface area (Å²) in [5.41, 5.74) is -0.264. The van der Waals surface area contributed by atoms with Crippen molar-refractivity contribution in [3.05, 3.63) is 74.1 Å². The molecule has 1 atom stereocenters. The number of hydrogen-bond acceptors (Lipinski definition) is 4. The predicted octanol–water partition coefficient (Wildman–Crippen LogP) is 4.41. The molecule has 3 aromatic rings. The summed E-state index contributed by atoms with van der Waals surface area (Å²) in [6.45, 7) is 0. The first-order chi connectivity index (χ1) is 11.9. The normalized spacial score (nSPS) is 12.2. The molecule has 7 heteroatoms. The minimum atomic E-state index is -1.14. The van der Waals surface area contributed by atoms with E-state index in [1.54, 1.807) is 30.3 Å². The Hall–Kier alpha value is -2.50. The number of rotatable bonds is 4. The van der Waals surface area contributed by atoms with E-state index >= 15 is 0 Å². The van der Waals surface area contributed by atoms with Crippen LogP contribution in [0.4, 0.5) is 0 Å². The Morgan fingerprint density at radius 3 is 2.52 bits per heavy atom. The van der Waals surface area contributed by atoms with E-state index in [0.29, 0.717) is 16.0 Å². The predicted molar refractivity (Wildman–Crippen MR) is 94.7 cm³/mol. The van der Waals surface area contributed by atoms with Crippen LogP contribution in [-0.4, -0.2) is 16.2 Å². The van der Waals surface area contributed by atoms with Crippen molar-refractivity contribution in [2.45, 2.75) is 12.3 Å². The van der Waals surface area contributed by atoms with Gasteiger partial charge in [-0.15, -0.1) is 0 Å². The molecule has 0 spiro atoms. The number of carboxylic acids is 1. The van der Waals surface area contributed by atoms with Crippen molar-refractivity contribution < 1.29 is 19.4 Å². The van der Waals surface area contributed by atoms with Crippen LogP contribution >= 0.6 is 23.2 Å². The molecule has 0 fully saturated rings. The maximum Gasteiger partial charge on any atom is 0.343 e. The maximum atomic E-state index is 12.4. The molecule has 0 aliphatic heterocycles. The second-order valence-electron chi connectivity index (χ2n) is 5.47. The van der Waals surface area contributed by atoms with Gasteiger partial charge in [-0.05, 0) is 29.8 Å². The third-order valence-electron chi connectivity index (χ3n) is 3.89. The second-order valence-corrected chi connectivity index (χ2v) is 6.29. The number of benzene rings is 2. The largest absolute Gasteiger partial charge is 0.507 e. The summed E-state index contributed by atoms with van der Waals surface area (Å²) in [5, 5.41) is 20.7. The van der Waals surface area contributed by atoms with Crippen LogP contribution in [0.2, 0.25) is 10.0 Å². The highest BCUT2D eigenvalue weighted by Crippen LogP contribution is 2.37. The second kappa shape index (κ2) is 6.78. The lowest BCUT2D eigenvalue weighted by Gasteiger charge is -2.17. The van der Waals surface area contributed by atoms with E-state index < -0.39 is 23.9 Å². The summed E-state index contributed by atoms with van der Waals surface area (Å²) >= 11 is 11.9. The summed E-state index contributed by atoms with van der Waals surface area (Å²) in [5.74, 6) is -2.37. The van der Waals surface area contributed by atoms with Crippen LogP contribution in [0.3, 0.4) is 0 Å². The summed E-state index contributed by atoms with van der Waals surface area (Å²) in [6.07, 6.45) is -0.422. The lowest BCUT2D eigenvalue weighted by atomic mass is 9.88. The van der Waals surface area contributed by atoms with E-state index in [2.05, 4.69) is 0 Å². The van der Waals surface area contributed by atoms with Gasteiger partial charge in [0.1, 0.15) is 11.3 Å². The van der Waals surface area contributed by atoms with E-state index in [0.717, 1.165) is 0 Å². The van der Waals surface area contributed by atoms with Crippen LogP contribution in [0.15, 0.2) is 51.7 Å². The molecule has 2 aromatic carbocycles. The molecule has 1 heterocycles. The lowest BCUT2D eigenvalue weighted by Crippen LogP contribution is -2.17. The number of halogens is 2. The van der Waals surface area contributed by atoms with Gasteiger partial charge >= 0.3 is 11.6 Å². The Balaban J connectivity index is 2.26. The fourth-order valence-corrected chi connectivity index (χ4v) is 3.05. The molecule has 0 saturated heterocycles. The molecule has 5 nitrogen and oxygen atoms in total. The molecular formula is C18H12Cl2O5. The first-order valence-electron chi connectivity index (χ1n) is 7.30. The van der Waals surface area contributed by atoms with Crippen LogP contribution in [0, 0.1) is 0 Å². The van der Waals surface area contributed by atoms with Crippen molar-refractivity contribution in [1.82, 2.24) is 0 Å². The standard InChI is InChI=1S/C18H12Cl2O5/c19-12-6-5-9(7-13(12)20)11(8-15(21)22)16-17(23)10-3-1-2-4-14(10)25-18(16)24/h1-7,11,23H,8H2,(H,21,22)/t11-/m1/s1. The molecule has 0 aliphatic rings. The molecule has 0 amide bonds. The van der Waals surface area contributed by atoms with Crippen molar-refractivity contribution in [2.75, 3.05) is 0 Å². The molecule has 0 saturated carbocycles. The van der Waals surface area contributed by atoms with Crippen molar-refractivity contribution in [1.29, 1.82) is 0 Å².